The van der Waals surface area contributed by atoms with Crippen LogP contribution in [0.25, 0.3) is 0 Å². The molecule has 0 aliphatic rings. The average Bonchev–Trinajstić information content (AvgIpc) is 2.83. The predicted octanol–water partition coefficient (Wildman–Crippen LogP) is 1.77. The van der Waals surface area contributed by atoms with Gasteiger partial charge in [0, 0.05) is 32.4 Å². The Bertz CT molecular complexity index is 575. The third kappa shape index (κ3) is 3.85. The van der Waals surface area contributed by atoms with Gasteiger partial charge in [-0.1, -0.05) is 17.7 Å². The van der Waals surface area contributed by atoms with Gasteiger partial charge in [0.2, 0.25) is 0 Å². The Morgan fingerprint density at radius 3 is 2.65 bits per heavy atom. The molecule has 0 spiro atoms. The van der Waals surface area contributed by atoms with Crippen LogP contribution < -0.4 is 4.74 Å². The minimum Gasteiger partial charge on any atom is -0.484 e. The summed E-state index contributed by atoms with van der Waals surface area (Å²) in [6.45, 7) is 2.58. The fourth-order valence-electron chi connectivity index (χ4n) is 1.81. The van der Waals surface area contributed by atoms with Crippen LogP contribution in [0.1, 0.15) is 11.1 Å². The highest BCUT2D eigenvalue weighted by Crippen LogP contribution is 2.11. The zero-order valence-corrected chi connectivity index (χ0v) is 12.0. The maximum absolute atomic E-state index is 12.0. The zero-order valence-electron chi connectivity index (χ0n) is 12.0. The number of ether oxygens (including phenoxy) is 1. The molecule has 0 aliphatic heterocycles. The minimum atomic E-state index is -0.0607. The Morgan fingerprint density at radius 2 is 2.05 bits per heavy atom. The van der Waals surface area contributed by atoms with E-state index in [9.17, 15) is 4.79 Å². The summed E-state index contributed by atoms with van der Waals surface area (Å²) in [7, 11) is 3.61. The number of hydrogen-bond donors (Lipinski definition) is 0. The van der Waals surface area contributed by atoms with Crippen LogP contribution in [-0.4, -0.2) is 34.2 Å². The van der Waals surface area contributed by atoms with Crippen LogP contribution in [0, 0.1) is 6.92 Å². The molecule has 0 fully saturated rings. The third-order valence-corrected chi connectivity index (χ3v) is 2.99. The Labute approximate surface area is 118 Å². The molecule has 0 saturated heterocycles. The molecule has 2 rings (SSSR count). The lowest BCUT2D eigenvalue weighted by molar-refractivity contribution is -0.132. The van der Waals surface area contributed by atoms with Gasteiger partial charge < -0.3 is 9.64 Å². The van der Waals surface area contributed by atoms with E-state index in [0.29, 0.717) is 12.3 Å². The standard InChI is InChI=1S/C15H19N3O2/c1-12-4-6-14(7-5-12)20-11-15(19)17(2)9-13-8-16-18(3)10-13/h4-8,10H,9,11H2,1-3H3. The van der Waals surface area contributed by atoms with Gasteiger partial charge in [0.05, 0.1) is 6.20 Å². The van der Waals surface area contributed by atoms with Crippen LogP contribution in [-0.2, 0) is 18.4 Å². The van der Waals surface area contributed by atoms with Crippen molar-refractivity contribution in [2.24, 2.45) is 7.05 Å². The monoisotopic (exact) mass is 273 g/mol. The van der Waals surface area contributed by atoms with Gasteiger partial charge in [-0.3, -0.25) is 9.48 Å². The molecule has 1 amide bonds. The van der Waals surface area contributed by atoms with Crippen LogP contribution in [0.15, 0.2) is 36.7 Å². The minimum absolute atomic E-state index is 0.0415. The van der Waals surface area contributed by atoms with E-state index in [1.165, 1.54) is 0 Å². The fourth-order valence-corrected chi connectivity index (χ4v) is 1.81. The molecule has 0 unspecified atom stereocenters. The van der Waals surface area contributed by atoms with E-state index < -0.39 is 0 Å². The van der Waals surface area contributed by atoms with Gasteiger partial charge in [0.1, 0.15) is 5.75 Å². The van der Waals surface area contributed by atoms with Crippen molar-refractivity contribution in [1.29, 1.82) is 0 Å². The van der Waals surface area contributed by atoms with Crippen molar-refractivity contribution < 1.29 is 9.53 Å². The number of rotatable bonds is 5. The van der Waals surface area contributed by atoms with E-state index in [2.05, 4.69) is 5.10 Å². The van der Waals surface area contributed by atoms with Crippen molar-refractivity contribution in [3.05, 3.63) is 47.8 Å². The summed E-state index contributed by atoms with van der Waals surface area (Å²) in [5.41, 5.74) is 2.16. The summed E-state index contributed by atoms with van der Waals surface area (Å²) in [6.07, 6.45) is 3.65. The molecular weight excluding hydrogens is 254 g/mol. The zero-order chi connectivity index (χ0) is 14.5. The number of aromatic nitrogens is 2. The van der Waals surface area contributed by atoms with Gasteiger partial charge >= 0.3 is 0 Å². The predicted molar refractivity (Wildman–Crippen MR) is 76.4 cm³/mol. The SMILES string of the molecule is Cc1ccc(OCC(=O)N(C)Cc2cnn(C)c2)cc1. The second kappa shape index (κ2) is 6.23. The Kier molecular flexibility index (Phi) is 4.40. The van der Waals surface area contributed by atoms with Crippen molar-refractivity contribution in [2.45, 2.75) is 13.5 Å². The summed E-state index contributed by atoms with van der Waals surface area (Å²) in [4.78, 5) is 13.6. The molecule has 106 valence electrons. The Balaban J connectivity index is 1.83. The molecule has 1 aromatic carbocycles. The van der Waals surface area contributed by atoms with Crippen molar-refractivity contribution >= 4 is 5.91 Å². The second-order valence-electron chi connectivity index (χ2n) is 4.87. The number of benzene rings is 1. The molecule has 0 atom stereocenters. The first-order valence-corrected chi connectivity index (χ1v) is 6.45. The topological polar surface area (TPSA) is 47.4 Å². The number of carbonyl (C=O) groups is 1. The highest BCUT2D eigenvalue weighted by atomic mass is 16.5. The first kappa shape index (κ1) is 14.1. The molecule has 2 aromatic rings. The maximum Gasteiger partial charge on any atom is 0.260 e. The van der Waals surface area contributed by atoms with Crippen LogP contribution >= 0.6 is 0 Å². The first-order chi connectivity index (χ1) is 9.54. The normalized spacial score (nSPS) is 10.3. The quantitative estimate of drug-likeness (QED) is 0.834. The number of likely N-dealkylation sites (N-methyl/N-ethyl adjacent to an activating group) is 1. The van der Waals surface area contributed by atoms with Crippen LogP contribution in [0.5, 0.6) is 5.75 Å². The van der Waals surface area contributed by atoms with E-state index >= 15 is 0 Å². The summed E-state index contributed by atoms with van der Waals surface area (Å²) < 4.78 is 7.19. The first-order valence-electron chi connectivity index (χ1n) is 6.45. The maximum atomic E-state index is 12.0. The number of hydrogen-bond acceptors (Lipinski definition) is 3. The highest BCUT2D eigenvalue weighted by molar-refractivity contribution is 5.77. The summed E-state index contributed by atoms with van der Waals surface area (Å²) in [5, 5.41) is 4.08. The summed E-state index contributed by atoms with van der Waals surface area (Å²) in [6, 6.07) is 7.64. The smallest absolute Gasteiger partial charge is 0.260 e. The van der Waals surface area contributed by atoms with Gasteiger partial charge in [-0.25, -0.2) is 0 Å². The second-order valence-corrected chi connectivity index (χ2v) is 4.87. The lowest BCUT2D eigenvalue weighted by Gasteiger charge is -2.16. The van der Waals surface area contributed by atoms with E-state index in [-0.39, 0.29) is 12.5 Å². The fraction of sp³-hybridized carbons (Fsp3) is 0.333. The number of carbonyl (C=O) groups excluding carboxylic acids is 1. The lowest BCUT2D eigenvalue weighted by Crippen LogP contribution is -2.30. The molecule has 0 saturated carbocycles. The van der Waals surface area contributed by atoms with Crippen molar-refractivity contribution in [3.63, 3.8) is 0 Å². The van der Waals surface area contributed by atoms with Crippen molar-refractivity contribution in [3.8, 4) is 5.75 Å². The molecule has 0 bridgehead atoms. The molecule has 1 aromatic heterocycles. The van der Waals surface area contributed by atoms with E-state index in [1.54, 1.807) is 22.8 Å². The molecule has 5 nitrogen and oxygen atoms in total. The summed E-state index contributed by atoms with van der Waals surface area (Å²) >= 11 is 0. The Hall–Kier alpha value is -2.30. The molecule has 0 N–H and O–H groups in total. The van der Waals surface area contributed by atoms with Gasteiger partial charge in [-0.15, -0.1) is 0 Å². The number of aryl methyl sites for hydroxylation is 2. The Morgan fingerprint density at radius 1 is 1.35 bits per heavy atom. The van der Waals surface area contributed by atoms with Crippen LogP contribution in [0.2, 0.25) is 0 Å². The molecule has 1 heterocycles. The molecule has 0 aliphatic carbocycles. The molecule has 0 radical (unpaired) electrons. The number of nitrogens with zero attached hydrogens (tertiary/aromatic N) is 3. The van der Waals surface area contributed by atoms with Gasteiger partial charge in [-0.05, 0) is 19.1 Å². The van der Waals surface area contributed by atoms with Crippen molar-refractivity contribution in [1.82, 2.24) is 14.7 Å². The van der Waals surface area contributed by atoms with Crippen molar-refractivity contribution in [2.75, 3.05) is 13.7 Å². The van der Waals surface area contributed by atoms with E-state index in [0.717, 1.165) is 11.1 Å². The summed E-state index contributed by atoms with van der Waals surface area (Å²) in [5.74, 6) is 0.646. The molecular formula is C15H19N3O2. The lowest BCUT2D eigenvalue weighted by atomic mass is 10.2. The van der Waals surface area contributed by atoms with Gasteiger partial charge in [0.25, 0.3) is 5.91 Å². The largest absolute Gasteiger partial charge is 0.484 e. The van der Waals surface area contributed by atoms with E-state index in [4.69, 9.17) is 4.74 Å². The van der Waals surface area contributed by atoms with Crippen LogP contribution in [0.3, 0.4) is 0 Å². The molecule has 5 heteroatoms. The van der Waals surface area contributed by atoms with Gasteiger partial charge in [-0.2, -0.15) is 5.10 Å². The number of amides is 1. The third-order valence-electron chi connectivity index (χ3n) is 2.99. The molecule has 20 heavy (non-hydrogen) atoms. The van der Waals surface area contributed by atoms with Crippen LogP contribution in [0.4, 0.5) is 0 Å². The van der Waals surface area contributed by atoms with E-state index in [1.807, 2.05) is 44.4 Å². The average molecular weight is 273 g/mol. The van der Waals surface area contributed by atoms with Gasteiger partial charge in [0.15, 0.2) is 6.61 Å². The highest BCUT2D eigenvalue weighted by Gasteiger charge is 2.11.